The molecule has 1 aliphatic rings. The summed E-state index contributed by atoms with van der Waals surface area (Å²) in [4.78, 5) is 0. The van der Waals surface area contributed by atoms with Crippen molar-refractivity contribution in [3.8, 4) is 22.4 Å². The Labute approximate surface area is 176 Å². The van der Waals surface area contributed by atoms with Crippen LogP contribution in [-0.2, 0) is 5.41 Å². The van der Waals surface area contributed by atoms with Crippen molar-refractivity contribution in [1.82, 2.24) is 0 Å². The first-order valence-electron chi connectivity index (χ1n) is 11.4. The fraction of sp³-hybridized carbons (Fsp3) is 0.393. The Balaban J connectivity index is 1.98. The number of pyridine rings is 1. The summed E-state index contributed by atoms with van der Waals surface area (Å²) in [6.45, 7) is 9.30. The van der Waals surface area contributed by atoms with Gasteiger partial charge in [-0.2, -0.15) is 4.57 Å². The van der Waals surface area contributed by atoms with Crippen molar-refractivity contribution in [2.45, 2.75) is 71.3 Å². The molecule has 3 aromatic rings. The second-order valence-corrected chi connectivity index (χ2v) is 8.66. The maximum absolute atomic E-state index is 2.60. The molecule has 0 fully saturated rings. The third-order valence-corrected chi connectivity index (χ3v) is 7.03. The highest BCUT2D eigenvalue weighted by molar-refractivity contribution is 5.74. The van der Waals surface area contributed by atoms with E-state index < -0.39 is 0 Å². The van der Waals surface area contributed by atoms with Gasteiger partial charge in [-0.25, -0.2) is 0 Å². The Bertz CT molecular complexity index is 988. The van der Waals surface area contributed by atoms with Gasteiger partial charge in [0.2, 0.25) is 5.69 Å². The number of hydrogen-bond donors (Lipinski definition) is 0. The number of unbranched alkanes of at least 4 members (excludes halogenated alkanes) is 1. The molecule has 0 N–H and O–H groups in total. The average Bonchev–Trinajstić information content (AvgIpc) is 2.77. The van der Waals surface area contributed by atoms with Crippen LogP contribution in [0.1, 0.15) is 70.0 Å². The molecule has 29 heavy (non-hydrogen) atoms. The van der Waals surface area contributed by atoms with Crippen molar-refractivity contribution in [3.63, 3.8) is 0 Å². The lowest BCUT2D eigenvalue weighted by molar-refractivity contribution is -0.725. The first kappa shape index (κ1) is 19.9. The highest BCUT2D eigenvalue weighted by atomic mass is 15.0. The molecular formula is C28H34N+. The van der Waals surface area contributed by atoms with Gasteiger partial charge in [0.15, 0.2) is 12.2 Å². The van der Waals surface area contributed by atoms with E-state index in [1.165, 1.54) is 60.1 Å². The average molecular weight is 385 g/mol. The normalized spacial score (nSPS) is 20.2. The zero-order valence-electron chi connectivity index (χ0n) is 18.4. The van der Waals surface area contributed by atoms with Crippen LogP contribution in [-0.4, -0.2) is 0 Å². The van der Waals surface area contributed by atoms with Gasteiger partial charge in [0.25, 0.3) is 0 Å². The quantitative estimate of drug-likeness (QED) is 0.389. The molecule has 0 saturated heterocycles. The second kappa shape index (κ2) is 8.14. The summed E-state index contributed by atoms with van der Waals surface area (Å²) < 4.78 is 2.60. The molecule has 4 rings (SSSR count). The van der Waals surface area contributed by atoms with Crippen LogP contribution in [0, 0.1) is 6.92 Å². The van der Waals surface area contributed by atoms with E-state index in [9.17, 15) is 0 Å². The SMILES string of the molecule is CCCCC1(CC)c2ccc(-c3ccccc3)cc2-c2ccc(C)c[n+]2C1CC. The molecule has 1 aromatic heterocycles. The Morgan fingerprint density at radius 2 is 1.69 bits per heavy atom. The lowest BCUT2D eigenvalue weighted by Gasteiger charge is -2.42. The van der Waals surface area contributed by atoms with Crippen molar-refractivity contribution in [2.24, 2.45) is 0 Å². The molecule has 0 saturated carbocycles. The van der Waals surface area contributed by atoms with Crippen molar-refractivity contribution in [3.05, 3.63) is 78.0 Å². The zero-order valence-corrected chi connectivity index (χ0v) is 18.4. The minimum absolute atomic E-state index is 0.209. The van der Waals surface area contributed by atoms with Gasteiger partial charge in [0.1, 0.15) is 0 Å². The zero-order chi connectivity index (χ0) is 20.4. The van der Waals surface area contributed by atoms with Crippen LogP contribution in [0.3, 0.4) is 0 Å². The maximum atomic E-state index is 2.60. The van der Waals surface area contributed by atoms with E-state index in [0.717, 1.165) is 0 Å². The highest BCUT2D eigenvalue weighted by Crippen LogP contribution is 2.50. The van der Waals surface area contributed by atoms with Crippen LogP contribution in [0.2, 0.25) is 0 Å². The largest absolute Gasteiger partial charge is 0.213 e. The summed E-state index contributed by atoms with van der Waals surface area (Å²) in [6.07, 6.45) is 8.53. The third-order valence-electron chi connectivity index (χ3n) is 7.03. The van der Waals surface area contributed by atoms with Crippen LogP contribution in [0.5, 0.6) is 0 Å². The molecule has 0 aliphatic carbocycles. The van der Waals surface area contributed by atoms with Gasteiger partial charge < -0.3 is 0 Å². The number of aromatic nitrogens is 1. The summed E-state index contributed by atoms with van der Waals surface area (Å²) in [6, 6.07) is 23.1. The lowest BCUT2D eigenvalue weighted by Crippen LogP contribution is -2.55. The molecule has 1 nitrogen and oxygen atoms in total. The molecule has 2 aromatic carbocycles. The molecule has 0 bridgehead atoms. The second-order valence-electron chi connectivity index (χ2n) is 8.66. The molecular weight excluding hydrogens is 350 g/mol. The van der Waals surface area contributed by atoms with Crippen molar-refractivity contribution >= 4 is 0 Å². The lowest BCUT2D eigenvalue weighted by atomic mass is 9.64. The molecule has 2 atom stereocenters. The number of rotatable bonds is 6. The van der Waals surface area contributed by atoms with E-state index in [1.54, 1.807) is 5.56 Å². The van der Waals surface area contributed by atoms with Gasteiger partial charge in [0.05, 0.1) is 11.0 Å². The standard InChI is InChI=1S/C28H34N/c1-5-8-18-28(7-3)25-16-15-23(22-12-10-9-11-13-22)19-24(25)26-17-14-21(4)20-29(26)27(28)6-2/h9-17,19-20,27H,5-8,18H2,1-4H3/q+1. The van der Waals surface area contributed by atoms with Gasteiger partial charge in [-0.05, 0) is 48.6 Å². The monoisotopic (exact) mass is 384 g/mol. The van der Waals surface area contributed by atoms with E-state index in [1.807, 2.05) is 0 Å². The van der Waals surface area contributed by atoms with Crippen LogP contribution in [0.4, 0.5) is 0 Å². The minimum Gasteiger partial charge on any atom is -0.194 e. The van der Waals surface area contributed by atoms with Crippen LogP contribution >= 0.6 is 0 Å². The number of hydrogen-bond acceptors (Lipinski definition) is 0. The Hall–Kier alpha value is -2.41. The van der Waals surface area contributed by atoms with Crippen LogP contribution in [0.25, 0.3) is 22.4 Å². The predicted molar refractivity (Wildman–Crippen MR) is 123 cm³/mol. The minimum atomic E-state index is 0.209. The third kappa shape index (κ3) is 3.31. The van der Waals surface area contributed by atoms with Crippen LogP contribution < -0.4 is 4.57 Å². The highest BCUT2D eigenvalue weighted by Gasteiger charge is 2.49. The van der Waals surface area contributed by atoms with Gasteiger partial charge in [-0.3, -0.25) is 0 Å². The van der Waals surface area contributed by atoms with Gasteiger partial charge in [-0.15, -0.1) is 0 Å². The first-order chi connectivity index (χ1) is 14.1. The van der Waals surface area contributed by atoms with Gasteiger partial charge >= 0.3 is 0 Å². The Morgan fingerprint density at radius 3 is 2.38 bits per heavy atom. The fourth-order valence-corrected chi connectivity index (χ4v) is 5.55. The van der Waals surface area contributed by atoms with Crippen molar-refractivity contribution in [1.29, 1.82) is 0 Å². The molecule has 1 heteroatoms. The fourth-order valence-electron chi connectivity index (χ4n) is 5.55. The molecule has 0 spiro atoms. The summed E-state index contributed by atoms with van der Waals surface area (Å²) in [7, 11) is 0. The van der Waals surface area contributed by atoms with E-state index in [4.69, 9.17) is 0 Å². The predicted octanol–water partition coefficient (Wildman–Crippen LogP) is 7.42. The summed E-state index contributed by atoms with van der Waals surface area (Å²) in [5.41, 5.74) is 8.51. The smallest absolute Gasteiger partial charge is 0.194 e. The first-order valence-corrected chi connectivity index (χ1v) is 11.4. The molecule has 150 valence electrons. The number of nitrogens with zero attached hydrogens (tertiary/aromatic N) is 1. The van der Waals surface area contributed by atoms with Gasteiger partial charge in [-0.1, -0.05) is 76.1 Å². The Kier molecular flexibility index (Phi) is 5.58. The summed E-state index contributed by atoms with van der Waals surface area (Å²) in [5.74, 6) is 0. The number of aryl methyl sites for hydroxylation is 1. The molecule has 2 unspecified atom stereocenters. The van der Waals surface area contributed by atoms with E-state index >= 15 is 0 Å². The maximum Gasteiger partial charge on any atom is 0.213 e. The summed E-state index contributed by atoms with van der Waals surface area (Å²) in [5, 5.41) is 0. The number of fused-ring (bicyclic) bond motifs is 3. The van der Waals surface area contributed by atoms with Crippen LogP contribution in [0.15, 0.2) is 66.9 Å². The van der Waals surface area contributed by atoms with E-state index in [0.29, 0.717) is 6.04 Å². The van der Waals surface area contributed by atoms with E-state index in [2.05, 4.69) is 99.1 Å². The molecule has 0 amide bonds. The van der Waals surface area contributed by atoms with Gasteiger partial charge in [0, 0.05) is 18.1 Å². The van der Waals surface area contributed by atoms with Crippen molar-refractivity contribution in [2.75, 3.05) is 0 Å². The summed E-state index contributed by atoms with van der Waals surface area (Å²) >= 11 is 0. The topological polar surface area (TPSA) is 3.88 Å². The molecule has 1 aliphatic heterocycles. The molecule has 0 radical (unpaired) electrons. The Morgan fingerprint density at radius 1 is 0.897 bits per heavy atom. The van der Waals surface area contributed by atoms with E-state index in [-0.39, 0.29) is 5.41 Å². The molecule has 2 heterocycles. The van der Waals surface area contributed by atoms with Crippen molar-refractivity contribution < 1.29 is 4.57 Å². The number of benzene rings is 2.